The van der Waals surface area contributed by atoms with Crippen molar-refractivity contribution in [2.24, 2.45) is 17.8 Å². The van der Waals surface area contributed by atoms with Crippen LogP contribution < -0.4 is 5.32 Å². The summed E-state index contributed by atoms with van der Waals surface area (Å²) in [6.07, 6.45) is 8.92. The van der Waals surface area contributed by atoms with Crippen molar-refractivity contribution in [2.45, 2.75) is 32.6 Å². The largest absolute Gasteiger partial charge is 0.325 e. The molecule has 1 amide bonds. The second-order valence-electron chi connectivity index (χ2n) is 6.23. The molecule has 3 atom stereocenters. The van der Waals surface area contributed by atoms with Gasteiger partial charge in [-0.05, 0) is 43.6 Å². The lowest BCUT2D eigenvalue weighted by Crippen LogP contribution is -2.16. The molecule has 22 heavy (non-hydrogen) atoms. The Morgan fingerprint density at radius 2 is 2.18 bits per heavy atom. The SMILES string of the molecule is Cc1ccc([N+](=O)[O-])cc1NC(=O)[C@@H]1[C@@H]2/C=C/CCCC[C@@H]21. The lowest BCUT2D eigenvalue weighted by Gasteiger charge is -2.08. The first-order valence-corrected chi connectivity index (χ1v) is 7.80. The minimum Gasteiger partial charge on any atom is -0.325 e. The Hall–Kier alpha value is -2.17. The van der Waals surface area contributed by atoms with Crippen molar-refractivity contribution in [2.75, 3.05) is 5.32 Å². The minimum absolute atomic E-state index is 0.00242. The number of nitro groups is 1. The zero-order valence-electron chi connectivity index (χ0n) is 12.6. The van der Waals surface area contributed by atoms with Gasteiger partial charge in [-0.2, -0.15) is 0 Å². The molecule has 0 saturated heterocycles. The normalized spacial score (nSPS) is 28.0. The summed E-state index contributed by atoms with van der Waals surface area (Å²) in [6.45, 7) is 1.84. The van der Waals surface area contributed by atoms with Crippen molar-refractivity contribution < 1.29 is 9.72 Å². The van der Waals surface area contributed by atoms with Gasteiger partial charge in [0.25, 0.3) is 5.69 Å². The van der Waals surface area contributed by atoms with Gasteiger partial charge in [-0.25, -0.2) is 0 Å². The number of benzene rings is 1. The molecule has 0 bridgehead atoms. The molecule has 1 aromatic carbocycles. The van der Waals surface area contributed by atoms with Crippen LogP contribution in [0.25, 0.3) is 0 Å². The van der Waals surface area contributed by atoms with E-state index >= 15 is 0 Å². The lowest BCUT2D eigenvalue weighted by atomic mass is 10.1. The maximum atomic E-state index is 12.5. The number of hydrogen-bond donors (Lipinski definition) is 1. The number of amides is 1. The molecule has 5 heteroatoms. The lowest BCUT2D eigenvalue weighted by molar-refractivity contribution is -0.384. The molecule has 0 spiro atoms. The van der Waals surface area contributed by atoms with Gasteiger partial charge in [0.2, 0.25) is 5.91 Å². The van der Waals surface area contributed by atoms with Crippen molar-refractivity contribution in [3.63, 3.8) is 0 Å². The average Bonchev–Trinajstić information content (AvgIpc) is 3.12. The highest BCUT2D eigenvalue weighted by Gasteiger charge is 2.52. The standard InChI is InChI=1S/C17H20N2O3/c1-11-8-9-12(19(21)22)10-15(11)18-17(20)16-13-6-4-2-3-5-7-14(13)16/h4,6,8-10,13-14,16H,2-3,5,7H2,1H3,(H,18,20)/b6-4+/t13-,14+,16-/m1/s1. The Labute approximate surface area is 129 Å². The fourth-order valence-electron chi connectivity index (χ4n) is 3.37. The zero-order valence-corrected chi connectivity index (χ0v) is 12.6. The average molecular weight is 300 g/mol. The molecule has 0 radical (unpaired) electrons. The quantitative estimate of drug-likeness (QED) is 0.524. The van der Waals surface area contributed by atoms with Gasteiger partial charge in [-0.1, -0.05) is 24.6 Å². The second kappa shape index (κ2) is 5.91. The third-order valence-electron chi connectivity index (χ3n) is 4.74. The van der Waals surface area contributed by atoms with Crippen molar-refractivity contribution in [1.82, 2.24) is 0 Å². The van der Waals surface area contributed by atoms with Crippen LogP contribution in [-0.4, -0.2) is 10.8 Å². The van der Waals surface area contributed by atoms with Gasteiger partial charge in [-0.15, -0.1) is 0 Å². The van der Waals surface area contributed by atoms with Crippen LogP contribution >= 0.6 is 0 Å². The van der Waals surface area contributed by atoms with E-state index < -0.39 is 4.92 Å². The van der Waals surface area contributed by atoms with Crippen molar-refractivity contribution in [3.8, 4) is 0 Å². The van der Waals surface area contributed by atoms with E-state index in [9.17, 15) is 14.9 Å². The monoisotopic (exact) mass is 300 g/mol. The summed E-state index contributed by atoms with van der Waals surface area (Å²) in [5.41, 5.74) is 1.39. The first-order valence-electron chi connectivity index (χ1n) is 7.80. The fourth-order valence-corrected chi connectivity index (χ4v) is 3.37. The van der Waals surface area contributed by atoms with Crippen LogP contribution in [-0.2, 0) is 4.79 Å². The van der Waals surface area contributed by atoms with Gasteiger partial charge in [0.15, 0.2) is 0 Å². The van der Waals surface area contributed by atoms with E-state index in [0.717, 1.165) is 18.4 Å². The number of carbonyl (C=O) groups is 1. The molecule has 0 aliphatic heterocycles. The molecule has 2 aliphatic carbocycles. The molecule has 1 saturated carbocycles. The van der Waals surface area contributed by atoms with Crippen molar-refractivity contribution >= 4 is 17.3 Å². The van der Waals surface area contributed by atoms with Crippen molar-refractivity contribution in [1.29, 1.82) is 0 Å². The summed E-state index contributed by atoms with van der Waals surface area (Å²) < 4.78 is 0. The summed E-state index contributed by atoms with van der Waals surface area (Å²) in [5.74, 6) is 0.799. The number of allylic oxidation sites excluding steroid dienone is 2. The highest BCUT2D eigenvalue weighted by molar-refractivity contribution is 5.96. The Balaban J connectivity index is 1.72. The zero-order chi connectivity index (χ0) is 15.7. The highest BCUT2D eigenvalue weighted by atomic mass is 16.6. The molecule has 5 nitrogen and oxygen atoms in total. The maximum Gasteiger partial charge on any atom is 0.271 e. The summed E-state index contributed by atoms with van der Waals surface area (Å²) in [6, 6.07) is 4.57. The number of nitro benzene ring substituents is 1. The fraction of sp³-hybridized carbons (Fsp3) is 0.471. The van der Waals surface area contributed by atoms with E-state index in [1.165, 1.54) is 25.0 Å². The maximum absolute atomic E-state index is 12.5. The molecule has 0 unspecified atom stereocenters. The smallest absolute Gasteiger partial charge is 0.271 e. The third kappa shape index (κ3) is 2.89. The second-order valence-corrected chi connectivity index (χ2v) is 6.23. The summed E-state index contributed by atoms with van der Waals surface area (Å²) in [5, 5.41) is 13.7. The van der Waals surface area contributed by atoms with Crippen LogP contribution in [0.1, 0.15) is 31.2 Å². The Morgan fingerprint density at radius 1 is 1.36 bits per heavy atom. The molecule has 0 heterocycles. The van der Waals surface area contributed by atoms with E-state index in [4.69, 9.17) is 0 Å². The number of nitrogens with zero attached hydrogens (tertiary/aromatic N) is 1. The molecule has 3 rings (SSSR count). The number of fused-ring (bicyclic) bond motifs is 1. The van der Waals surface area contributed by atoms with Crippen LogP contribution in [0.3, 0.4) is 0 Å². The van der Waals surface area contributed by atoms with E-state index in [2.05, 4.69) is 17.5 Å². The van der Waals surface area contributed by atoms with Gasteiger partial charge >= 0.3 is 0 Å². The Morgan fingerprint density at radius 3 is 2.95 bits per heavy atom. The predicted octanol–water partition coefficient (Wildman–Crippen LogP) is 3.83. The molecule has 1 N–H and O–H groups in total. The minimum atomic E-state index is -0.441. The summed E-state index contributed by atoms with van der Waals surface area (Å²) in [7, 11) is 0. The summed E-state index contributed by atoms with van der Waals surface area (Å²) >= 11 is 0. The number of hydrogen-bond acceptors (Lipinski definition) is 3. The third-order valence-corrected chi connectivity index (χ3v) is 4.74. The summed E-state index contributed by atoms with van der Waals surface area (Å²) in [4.78, 5) is 22.9. The van der Waals surface area contributed by atoms with Gasteiger partial charge < -0.3 is 5.32 Å². The predicted molar refractivity (Wildman–Crippen MR) is 84.5 cm³/mol. The molecule has 0 aromatic heterocycles. The molecule has 2 aliphatic rings. The van der Waals surface area contributed by atoms with E-state index in [-0.39, 0.29) is 17.5 Å². The van der Waals surface area contributed by atoms with Crippen LogP contribution in [0.15, 0.2) is 30.4 Å². The van der Waals surface area contributed by atoms with Gasteiger partial charge in [0.1, 0.15) is 0 Å². The highest BCUT2D eigenvalue weighted by Crippen LogP contribution is 2.51. The van der Waals surface area contributed by atoms with Gasteiger partial charge in [0.05, 0.1) is 10.6 Å². The Bertz CT molecular complexity index is 639. The van der Waals surface area contributed by atoms with Crippen molar-refractivity contribution in [3.05, 3.63) is 46.0 Å². The number of aryl methyl sites for hydroxylation is 1. The first kappa shape index (κ1) is 14.8. The first-order chi connectivity index (χ1) is 10.6. The van der Waals surface area contributed by atoms with E-state index in [1.807, 2.05) is 6.92 Å². The number of rotatable bonds is 3. The number of anilines is 1. The van der Waals surface area contributed by atoms with Crippen LogP contribution in [0, 0.1) is 34.8 Å². The number of nitrogens with one attached hydrogen (secondary N) is 1. The van der Waals surface area contributed by atoms with Crippen LogP contribution in [0.4, 0.5) is 11.4 Å². The van der Waals surface area contributed by atoms with Gasteiger partial charge in [-0.3, -0.25) is 14.9 Å². The topological polar surface area (TPSA) is 72.2 Å². The van der Waals surface area contributed by atoms with E-state index in [0.29, 0.717) is 17.5 Å². The molecule has 116 valence electrons. The van der Waals surface area contributed by atoms with Crippen LogP contribution in [0.5, 0.6) is 0 Å². The van der Waals surface area contributed by atoms with Crippen LogP contribution in [0.2, 0.25) is 0 Å². The van der Waals surface area contributed by atoms with E-state index in [1.54, 1.807) is 6.07 Å². The number of non-ortho nitro benzene ring substituents is 1. The van der Waals surface area contributed by atoms with Gasteiger partial charge in [0, 0.05) is 18.1 Å². The number of carbonyl (C=O) groups excluding carboxylic acids is 1. The molecular weight excluding hydrogens is 280 g/mol. The molecule has 1 fully saturated rings. The Kier molecular flexibility index (Phi) is 3.96. The molecular formula is C17H20N2O3. The molecule has 1 aromatic rings.